The first-order valence-electron chi connectivity index (χ1n) is 10.9. The summed E-state index contributed by atoms with van der Waals surface area (Å²) in [7, 11) is 0. The third kappa shape index (κ3) is 4.15. The zero-order valence-corrected chi connectivity index (χ0v) is 19.5. The fourth-order valence-electron chi connectivity index (χ4n) is 4.67. The summed E-state index contributed by atoms with van der Waals surface area (Å²) in [6, 6.07) is 15.7. The number of thiophene rings is 1. The summed E-state index contributed by atoms with van der Waals surface area (Å²) in [5.41, 5.74) is 2.18. The van der Waals surface area contributed by atoms with Crippen molar-refractivity contribution in [2.45, 2.75) is 26.0 Å². The topological polar surface area (TPSA) is 49.9 Å². The van der Waals surface area contributed by atoms with Crippen molar-refractivity contribution >= 4 is 44.9 Å². The van der Waals surface area contributed by atoms with Crippen LogP contribution < -0.4 is 0 Å². The molecule has 3 aromatic rings. The van der Waals surface area contributed by atoms with Gasteiger partial charge < -0.3 is 9.64 Å². The Labute approximate surface area is 196 Å². The maximum Gasteiger partial charge on any atom is 0.307 e. The number of rotatable bonds is 4. The van der Waals surface area contributed by atoms with Crippen LogP contribution >= 0.6 is 22.9 Å². The number of benzene rings is 2. The molecule has 3 heterocycles. The number of hydrogen-bond acceptors (Lipinski definition) is 5. The Morgan fingerprint density at radius 1 is 1.09 bits per heavy atom. The van der Waals surface area contributed by atoms with E-state index in [9.17, 15) is 9.59 Å². The number of cyclic esters (lactones) is 1. The Morgan fingerprint density at radius 2 is 1.81 bits per heavy atom. The van der Waals surface area contributed by atoms with Crippen LogP contribution in [-0.4, -0.2) is 47.9 Å². The number of aryl methyl sites for hydroxylation is 1. The van der Waals surface area contributed by atoms with Gasteiger partial charge in [-0.1, -0.05) is 41.9 Å². The lowest BCUT2D eigenvalue weighted by Gasteiger charge is -2.36. The summed E-state index contributed by atoms with van der Waals surface area (Å²) in [6.07, 6.45) is -0.403. The molecule has 0 aliphatic carbocycles. The smallest absolute Gasteiger partial charge is 0.307 e. The molecule has 32 heavy (non-hydrogen) atoms. The summed E-state index contributed by atoms with van der Waals surface area (Å²) in [5.74, 6) is -0.782. The molecule has 2 atom stereocenters. The Bertz CT molecular complexity index is 1150. The molecule has 0 N–H and O–H groups in total. The van der Waals surface area contributed by atoms with Gasteiger partial charge in [0.25, 0.3) is 0 Å². The van der Waals surface area contributed by atoms with Gasteiger partial charge in [0.2, 0.25) is 5.91 Å². The molecular formula is C25H25ClN2O3S. The van der Waals surface area contributed by atoms with Gasteiger partial charge in [0, 0.05) is 47.3 Å². The third-order valence-corrected chi connectivity index (χ3v) is 8.03. The fraction of sp³-hybridized carbons (Fsp3) is 0.360. The van der Waals surface area contributed by atoms with Crippen molar-refractivity contribution in [2.75, 3.05) is 26.2 Å². The summed E-state index contributed by atoms with van der Waals surface area (Å²) in [4.78, 5) is 31.0. The second-order valence-corrected chi connectivity index (χ2v) is 10.1. The average molecular weight is 469 g/mol. The van der Waals surface area contributed by atoms with Gasteiger partial charge >= 0.3 is 5.97 Å². The molecule has 0 bridgehead atoms. The molecule has 2 aliphatic rings. The van der Waals surface area contributed by atoms with E-state index in [4.69, 9.17) is 16.3 Å². The highest BCUT2D eigenvalue weighted by molar-refractivity contribution is 7.19. The lowest BCUT2D eigenvalue weighted by molar-refractivity contribution is -0.142. The van der Waals surface area contributed by atoms with Crippen molar-refractivity contribution in [3.05, 3.63) is 69.6 Å². The molecular weight excluding hydrogens is 444 g/mol. The number of fused-ring (bicyclic) bond motifs is 1. The standard InChI is InChI=1S/C25H25ClN2O3S/c1-16-19-4-2-3-5-21(19)32-22(16)15-27-10-12-28(13-11-27)25(30)20-14-23(29)31-24(20)17-6-8-18(26)9-7-17/h2-9,20,24H,10-15H2,1H3/t20-,24+/m1/s1. The van der Waals surface area contributed by atoms with Crippen LogP contribution in [0.25, 0.3) is 10.1 Å². The molecule has 5 rings (SSSR count). The van der Waals surface area contributed by atoms with E-state index in [1.807, 2.05) is 28.4 Å². The predicted molar refractivity (Wildman–Crippen MR) is 127 cm³/mol. The number of esters is 1. The second-order valence-electron chi connectivity index (χ2n) is 8.52. The number of amides is 1. The van der Waals surface area contributed by atoms with Crippen LogP contribution in [0, 0.1) is 12.8 Å². The van der Waals surface area contributed by atoms with Gasteiger partial charge in [-0.05, 0) is 41.6 Å². The number of carbonyl (C=O) groups is 2. The molecule has 1 aromatic heterocycles. The van der Waals surface area contributed by atoms with E-state index in [0.717, 1.165) is 25.2 Å². The highest BCUT2D eigenvalue weighted by atomic mass is 35.5. The first-order chi connectivity index (χ1) is 15.5. The molecule has 0 radical (unpaired) electrons. The van der Waals surface area contributed by atoms with Crippen LogP contribution in [0.3, 0.4) is 0 Å². The molecule has 0 spiro atoms. The van der Waals surface area contributed by atoms with E-state index in [2.05, 4.69) is 36.1 Å². The predicted octanol–water partition coefficient (Wildman–Crippen LogP) is 4.81. The quantitative estimate of drug-likeness (QED) is 0.515. The molecule has 166 valence electrons. The van der Waals surface area contributed by atoms with Crippen molar-refractivity contribution in [1.82, 2.24) is 9.80 Å². The van der Waals surface area contributed by atoms with Gasteiger partial charge in [-0.3, -0.25) is 14.5 Å². The van der Waals surface area contributed by atoms with Gasteiger partial charge in [0.15, 0.2) is 0 Å². The normalized spacial score (nSPS) is 21.8. The van der Waals surface area contributed by atoms with Gasteiger partial charge in [-0.25, -0.2) is 0 Å². The van der Waals surface area contributed by atoms with Crippen molar-refractivity contribution in [3.8, 4) is 0 Å². The summed E-state index contributed by atoms with van der Waals surface area (Å²) in [5, 5.41) is 1.95. The van der Waals surface area contributed by atoms with Gasteiger partial charge in [-0.15, -0.1) is 11.3 Å². The van der Waals surface area contributed by atoms with Crippen LogP contribution in [0.5, 0.6) is 0 Å². The molecule has 2 aromatic carbocycles. The van der Waals surface area contributed by atoms with Gasteiger partial charge in [0.05, 0.1) is 12.3 Å². The summed E-state index contributed by atoms with van der Waals surface area (Å²) >= 11 is 7.84. The highest BCUT2D eigenvalue weighted by Crippen LogP contribution is 2.37. The molecule has 5 nitrogen and oxygen atoms in total. The zero-order valence-electron chi connectivity index (χ0n) is 17.9. The number of carbonyl (C=O) groups excluding carboxylic acids is 2. The molecule has 0 saturated carbocycles. The Morgan fingerprint density at radius 3 is 2.53 bits per heavy atom. The maximum absolute atomic E-state index is 13.3. The lowest BCUT2D eigenvalue weighted by Crippen LogP contribution is -2.50. The largest absolute Gasteiger partial charge is 0.457 e. The van der Waals surface area contributed by atoms with Crippen LogP contribution in [-0.2, 0) is 20.9 Å². The zero-order chi connectivity index (χ0) is 22.2. The van der Waals surface area contributed by atoms with E-state index in [-0.39, 0.29) is 18.3 Å². The minimum absolute atomic E-state index is 0.00786. The van der Waals surface area contributed by atoms with E-state index < -0.39 is 12.0 Å². The van der Waals surface area contributed by atoms with Crippen molar-refractivity contribution < 1.29 is 14.3 Å². The second kappa shape index (κ2) is 8.85. The van der Waals surface area contributed by atoms with Crippen molar-refractivity contribution in [3.63, 3.8) is 0 Å². The average Bonchev–Trinajstić information content (AvgIpc) is 3.34. The van der Waals surface area contributed by atoms with Crippen molar-refractivity contribution in [2.24, 2.45) is 5.92 Å². The number of ether oxygens (including phenoxy) is 1. The van der Waals surface area contributed by atoms with Gasteiger partial charge in [0.1, 0.15) is 6.10 Å². The molecule has 0 unspecified atom stereocenters. The first-order valence-corrected chi connectivity index (χ1v) is 12.1. The Kier molecular flexibility index (Phi) is 5.93. The minimum Gasteiger partial charge on any atom is -0.457 e. The number of hydrogen-bond donors (Lipinski definition) is 0. The lowest BCUT2D eigenvalue weighted by atomic mass is 9.93. The number of piperazine rings is 1. The van der Waals surface area contributed by atoms with Crippen LogP contribution in [0.15, 0.2) is 48.5 Å². The summed E-state index contributed by atoms with van der Waals surface area (Å²) < 4.78 is 6.84. The molecule has 1 amide bonds. The Balaban J connectivity index is 1.23. The van der Waals surface area contributed by atoms with E-state index in [1.165, 1.54) is 20.5 Å². The third-order valence-electron chi connectivity index (χ3n) is 6.52. The number of nitrogens with zero attached hydrogens (tertiary/aromatic N) is 2. The van der Waals surface area contributed by atoms with E-state index in [0.29, 0.717) is 18.1 Å². The first kappa shape index (κ1) is 21.4. The minimum atomic E-state index is -0.536. The fourth-order valence-corrected chi connectivity index (χ4v) is 6.05. The molecule has 2 saturated heterocycles. The molecule has 2 fully saturated rings. The van der Waals surface area contributed by atoms with Crippen LogP contribution in [0.2, 0.25) is 5.02 Å². The van der Waals surface area contributed by atoms with Crippen LogP contribution in [0.1, 0.15) is 28.5 Å². The number of halogens is 1. The Hall–Kier alpha value is -2.41. The van der Waals surface area contributed by atoms with E-state index >= 15 is 0 Å². The van der Waals surface area contributed by atoms with Gasteiger partial charge in [-0.2, -0.15) is 0 Å². The molecule has 2 aliphatic heterocycles. The van der Waals surface area contributed by atoms with Crippen LogP contribution in [0.4, 0.5) is 0 Å². The maximum atomic E-state index is 13.3. The summed E-state index contributed by atoms with van der Waals surface area (Å²) in [6.45, 7) is 6.09. The SMILES string of the molecule is Cc1c(CN2CCN(C(=O)[C@@H]3CC(=O)O[C@H]3c3ccc(Cl)cc3)CC2)sc2ccccc12. The highest BCUT2D eigenvalue weighted by Gasteiger charge is 2.43. The monoisotopic (exact) mass is 468 g/mol. The van der Waals surface area contributed by atoms with Crippen molar-refractivity contribution in [1.29, 1.82) is 0 Å². The van der Waals surface area contributed by atoms with E-state index in [1.54, 1.807) is 12.1 Å². The molecule has 7 heteroatoms.